The van der Waals surface area contributed by atoms with Crippen LogP contribution in [0.1, 0.15) is 45.9 Å². The highest BCUT2D eigenvalue weighted by atomic mass is 19.1. The highest BCUT2D eigenvalue weighted by Crippen LogP contribution is 2.31. The first-order valence-electron chi connectivity index (χ1n) is 9.96. The molecule has 2 aromatic carbocycles. The molecule has 0 spiro atoms. The Balaban J connectivity index is 1.74. The molecule has 150 valence electrons. The average molecular weight is 392 g/mol. The maximum Gasteiger partial charge on any atom is 0.259 e. The highest BCUT2D eigenvalue weighted by Gasteiger charge is 2.27. The van der Waals surface area contributed by atoms with E-state index in [1.165, 1.54) is 12.1 Å². The van der Waals surface area contributed by atoms with Gasteiger partial charge in [0.05, 0.1) is 23.1 Å². The molecule has 0 aliphatic carbocycles. The van der Waals surface area contributed by atoms with Gasteiger partial charge in [-0.25, -0.2) is 9.07 Å². The largest absolute Gasteiger partial charge is 0.321 e. The van der Waals surface area contributed by atoms with Crippen molar-refractivity contribution in [2.24, 2.45) is 0 Å². The van der Waals surface area contributed by atoms with Crippen LogP contribution >= 0.6 is 0 Å². The van der Waals surface area contributed by atoms with E-state index in [1.807, 2.05) is 32.0 Å². The van der Waals surface area contributed by atoms with Crippen molar-refractivity contribution in [2.45, 2.75) is 32.6 Å². The molecule has 5 nitrogen and oxygen atoms in total. The summed E-state index contributed by atoms with van der Waals surface area (Å²) >= 11 is 0. The van der Waals surface area contributed by atoms with Crippen LogP contribution in [0.15, 0.2) is 48.7 Å². The minimum Gasteiger partial charge on any atom is -0.321 e. The zero-order valence-corrected chi connectivity index (χ0v) is 16.7. The second-order valence-electron chi connectivity index (χ2n) is 7.58. The zero-order chi connectivity index (χ0) is 20.4. The number of hydrogen-bond acceptors (Lipinski definition) is 3. The Bertz CT molecular complexity index is 1000. The number of carbonyl (C=O) groups is 1. The number of anilines is 1. The molecule has 29 heavy (non-hydrogen) atoms. The minimum atomic E-state index is -0.294. The van der Waals surface area contributed by atoms with E-state index in [4.69, 9.17) is 0 Å². The lowest BCUT2D eigenvalue weighted by Crippen LogP contribution is -2.29. The van der Waals surface area contributed by atoms with Crippen LogP contribution in [0.3, 0.4) is 0 Å². The lowest BCUT2D eigenvalue weighted by molar-refractivity contribution is 0.102. The monoisotopic (exact) mass is 392 g/mol. The molecule has 1 saturated heterocycles. The number of rotatable bonds is 4. The van der Waals surface area contributed by atoms with Crippen LogP contribution in [-0.2, 0) is 0 Å². The fourth-order valence-corrected chi connectivity index (χ4v) is 4.00. The zero-order valence-electron chi connectivity index (χ0n) is 16.7. The molecule has 0 saturated carbocycles. The van der Waals surface area contributed by atoms with Gasteiger partial charge in [-0.3, -0.25) is 4.79 Å². The van der Waals surface area contributed by atoms with Crippen LogP contribution in [0, 0.1) is 19.7 Å². The second-order valence-corrected chi connectivity index (χ2v) is 7.58. The van der Waals surface area contributed by atoms with Crippen molar-refractivity contribution in [3.8, 4) is 5.69 Å². The predicted octanol–water partition coefficient (Wildman–Crippen LogP) is 4.35. The number of hydrogen-bond donors (Lipinski definition) is 2. The van der Waals surface area contributed by atoms with E-state index in [9.17, 15) is 9.18 Å². The predicted molar refractivity (Wildman–Crippen MR) is 112 cm³/mol. The van der Waals surface area contributed by atoms with Crippen LogP contribution in [-0.4, -0.2) is 28.8 Å². The Hall–Kier alpha value is -2.99. The Morgan fingerprint density at radius 2 is 1.76 bits per heavy atom. The first-order valence-corrected chi connectivity index (χ1v) is 9.96. The molecule has 0 bridgehead atoms. The molecular formula is C23H25FN4O. The number of aryl methyl sites for hydroxylation is 2. The van der Waals surface area contributed by atoms with E-state index in [-0.39, 0.29) is 17.6 Å². The molecule has 3 aromatic rings. The molecule has 4 rings (SSSR count). The number of amides is 1. The summed E-state index contributed by atoms with van der Waals surface area (Å²) in [5.74, 6) is -0.246. The van der Waals surface area contributed by atoms with Gasteiger partial charge in [-0.2, -0.15) is 5.10 Å². The maximum absolute atomic E-state index is 13.4. The number of nitrogens with zero attached hydrogens (tertiary/aromatic N) is 2. The summed E-state index contributed by atoms with van der Waals surface area (Å²) in [6.07, 6.45) is 3.48. The van der Waals surface area contributed by atoms with E-state index >= 15 is 0 Å². The molecule has 2 N–H and O–H groups in total. The number of nitrogens with one attached hydrogen (secondary N) is 2. The smallest absolute Gasteiger partial charge is 0.259 e. The summed E-state index contributed by atoms with van der Waals surface area (Å²) < 4.78 is 15.2. The molecule has 0 atom stereocenters. The van der Waals surface area contributed by atoms with Gasteiger partial charge in [0.25, 0.3) is 5.91 Å². The third-order valence-corrected chi connectivity index (χ3v) is 5.57. The van der Waals surface area contributed by atoms with Crippen LogP contribution in [0.4, 0.5) is 10.1 Å². The third kappa shape index (κ3) is 3.93. The van der Waals surface area contributed by atoms with Gasteiger partial charge in [0.2, 0.25) is 0 Å². The van der Waals surface area contributed by atoms with Crippen LogP contribution in [0.5, 0.6) is 0 Å². The van der Waals surface area contributed by atoms with Gasteiger partial charge in [0, 0.05) is 11.6 Å². The summed E-state index contributed by atoms with van der Waals surface area (Å²) in [5, 5.41) is 11.0. The number of piperidine rings is 1. The molecule has 1 amide bonds. The molecular weight excluding hydrogens is 367 g/mol. The van der Waals surface area contributed by atoms with Gasteiger partial charge >= 0.3 is 0 Å². The fraction of sp³-hybridized carbons (Fsp3) is 0.304. The quantitative estimate of drug-likeness (QED) is 0.694. The van der Waals surface area contributed by atoms with Crippen molar-refractivity contribution in [3.63, 3.8) is 0 Å². The molecule has 1 fully saturated rings. The molecule has 6 heteroatoms. The molecule has 1 aliphatic heterocycles. The van der Waals surface area contributed by atoms with Gasteiger partial charge in [-0.05, 0) is 75.2 Å². The SMILES string of the molecule is Cc1cccc(C)c1NC(=O)c1cnn(-c2ccc(F)cc2)c1C1CCNCC1. The Labute approximate surface area is 169 Å². The Kier molecular flexibility index (Phi) is 5.45. The van der Waals surface area contributed by atoms with Crippen molar-refractivity contribution >= 4 is 11.6 Å². The summed E-state index contributed by atoms with van der Waals surface area (Å²) in [6, 6.07) is 12.2. The van der Waals surface area contributed by atoms with E-state index in [0.717, 1.165) is 54.1 Å². The summed E-state index contributed by atoms with van der Waals surface area (Å²) in [7, 11) is 0. The van der Waals surface area contributed by atoms with Crippen LogP contribution in [0.25, 0.3) is 5.69 Å². The first kappa shape index (κ1) is 19.3. The lowest BCUT2D eigenvalue weighted by atomic mass is 9.91. The van der Waals surface area contributed by atoms with Crippen molar-refractivity contribution in [3.05, 3.63) is 76.9 Å². The Morgan fingerprint density at radius 3 is 2.41 bits per heavy atom. The van der Waals surface area contributed by atoms with Crippen molar-refractivity contribution in [1.82, 2.24) is 15.1 Å². The highest BCUT2D eigenvalue weighted by molar-refractivity contribution is 6.06. The van der Waals surface area contributed by atoms with Crippen molar-refractivity contribution in [1.29, 1.82) is 0 Å². The molecule has 0 radical (unpaired) electrons. The van der Waals surface area contributed by atoms with E-state index < -0.39 is 0 Å². The summed E-state index contributed by atoms with van der Waals surface area (Å²) in [4.78, 5) is 13.2. The van der Waals surface area contributed by atoms with Gasteiger partial charge in [-0.1, -0.05) is 18.2 Å². The van der Waals surface area contributed by atoms with Crippen LogP contribution < -0.4 is 10.6 Å². The van der Waals surface area contributed by atoms with E-state index in [0.29, 0.717) is 5.56 Å². The van der Waals surface area contributed by atoms with Gasteiger partial charge in [0.1, 0.15) is 5.82 Å². The maximum atomic E-state index is 13.4. The number of halogens is 1. The Morgan fingerprint density at radius 1 is 1.10 bits per heavy atom. The average Bonchev–Trinajstić information content (AvgIpc) is 3.17. The van der Waals surface area contributed by atoms with Gasteiger partial charge in [0.15, 0.2) is 0 Å². The standard InChI is InChI=1S/C23H25FN4O/c1-15-4-3-5-16(2)21(15)27-23(29)20-14-26-28(19-8-6-18(24)7-9-19)22(20)17-10-12-25-13-11-17/h3-9,14,17,25H,10-13H2,1-2H3,(H,27,29). The lowest BCUT2D eigenvalue weighted by Gasteiger charge is -2.25. The van der Waals surface area contributed by atoms with Crippen molar-refractivity contribution < 1.29 is 9.18 Å². The normalized spacial score (nSPS) is 14.7. The van der Waals surface area contributed by atoms with E-state index in [1.54, 1.807) is 23.0 Å². The number of para-hydroxylation sites is 1. The summed E-state index contributed by atoms with van der Waals surface area (Å²) in [5.41, 5.74) is 5.10. The summed E-state index contributed by atoms with van der Waals surface area (Å²) in [6.45, 7) is 5.77. The van der Waals surface area contributed by atoms with Gasteiger partial charge in [-0.15, -0.1) is 0 Å². The minimum absolute atomic E-state index is 0.163. The molecule has 0 unspecified atom stereocenters. The van der Waals surface area contributed by atoms with Crippen LogP contribution in [0.2, 0.25) is 0 Å². The topological polar surface area (TPSA) is 59.0 Å². The number of benzene rings is 2. The fourth-order valence-electron chi connectivity index (χ4n) is 4.00. The number of aromatic nitrogens is 2. The van der Waals surface area contributed by atoms with E-state index in [2.05, 4.69) is 15.7 Å². The molecule has 2 heterocycles. The number of carbonyl (C=O) groups excluding carboxylic acids is 1. The third-order valence-electron chi connectivity index (χ3n) is 5.57. The molecule has 1 aromatic heterocycles. The van der Waals surface area contributed by atoms with Gasteiger partial charge < -0.3 is 10.6 Å². The molecule has 1 aliphatic rings. The first-order chi connectivity index (χ1) is 14.0. The second kappa shape index (κ2) is 8.17. The van der Waals surface area contributed by atoms with Crippen molar-refractivity contribution in [2.75, 3.05) is 18.4 Å².